The molecule has 4 heteroatoms. The third-order valence-corrected chi connectivity index (χ3v) is 3.70. The lowest BCUT2D eigenvalue weighted by atomic mass is 10.1. The monoisotopic (exact) mass is 280 g/mol. The van der Waals surface area contributed by atoms with Gasteiger partial charge in [0, 0.05) is 5.56 Å². The molecule has 0 saturated carbocycles. The lowest BCUT2D eigenvalue weighted by molar-refractivity contribution is 0.0964. The van der Waals surface area contributed by atoms with Gasteiger partial charge in [-0.2, -0.15) is 0 Å². The van der Waals surface area contributed by atoms with Crippen molar-refractivity contribution in [3.05, 3.63) is 59.4 Å². The van der Waals surface area contributed by atoms with Gasteiger partial charge in [0.15, 0.2) is 0 Å². The molecular weight excluding hydrogens is 264 g/mol. The standard InChI is InChI=1S/C17H16N2O2/c1-11-7-15-16(8-12(11)2)19(10-18-15)17(20)13-5-4-6-14(9-13)21-3/h4-10H,1-3H3. The molecule has 21 heavy (non-hydrogen) atoms. The Hall–Kier alpha value is -2.62. The number of methoxy groups -OCH3 is 1. The maximum atomic E-state index is 12.7. The van der Waals surface area contributed by atoms with Crippen LogP contribution in [0.1, 0.15) is 21.5 Å². The maximum absolute atomic E-state index is 12.7. The van der Waals surface area contributed by atoms with Gasteiger partial charge in [-0.3, -0.25) is 9.36 Å². The van der Waals surface area contributed by atoms with Gasteiger partial charge >= 0.3 is 0 Å². The van der Waals surface area contributed by atoms with Crippen LogP contribution in [-0.2, 0) is 0 Å². The third kappa shape index (κ3) is 2.29. The predicted octanol–water partition coefficient (Wildman–Crippen LogP) is 3.35. The van der Waals surface area contributed by atoms with Gasteiger partial charge in [0.05, 0.1) is 18.1 Å². The van der Waals surface area contributed by atoms with Crippen LogP contribution in [-0.4, -0.2) is 22.6 Å². The van der Waals surface area contributed by atoms with E-state index in [-0.39, 0.29) is 5.91 Å². The summed E-state index contributed by atoms with van der Waals surface area (Å²) in [5.74, 6) is 0.553. The van der Waals surface area contributed by atoms with Crippen molar-refractivity contribution >= 4 is 16.9 Å². The number of hydrogen-bond acceptors (Lipinski definition) is 3. The molecule has 1 heterocycles. The number of aromatic nitrogens is 2. The lowest BCUT2D eigenvalue weighted by Crippen LogP contribution is -2.10. The molecule has 0 saturated heterocycles. The number of fused-ring (bicyclic) bond motifs is 1. The number of benzene rings is 2. The molecule has 4 nitrogen and oxygen atoms in total. The van der Waals surface area contributed by atoms with Gasteiger partial charge < -0.3 is 4.74 Å². The molecule has 0 bridgehead atoms. The number of rotatable bonds is 2. The lowest BCUT2D eigenvalue weighted by Gasteiger charge is -2.06. The van der Waals surface area contributed by atoms with Crippen molar-refractivity contribution in [2.75, 3.05) is 7.11 Å². The Morgan fingerprint density at radius 2 is 1.90 bits per heavy atom. The fraction of sp³-hybridized carbons (Fsp3) is 0.176. The Kier molecular flexibility index (Phi) is 3.22. The van der Waals surface area contributed by atoms with E-state index in [0.29, 0.717) is 11.3 Å². The highest BCUT2D eigenvalue weighted by Crippen LogP contribution is 2.20. The van der Waals surface area contributed by atoms with E-state index in [9.17, 15) is 4.79 Å². The Balaban J connectivity index is 2.11. The minimum Gasteiger partial charge on any atom is -0.497 e. The molecule has 0 N–H and O–H groups in total. The van der Waals surface area contributed by atoms with Crippen LogP contribution in [0, 0.1) is 13.8 Å². The van der Waals surface area contributed by atoms with Crippen molar-refractivity contribution in [1.82, 2.24) is 9.55 Å². The van der Waals surface area contributed by atoms with Crippen LogP contribution in [0.15, 0.2) is 42.7 Å². The van der Waals surface area contributed by atoms with Crippen LogP contribution in [0.25, 0.3) is 11.0 Å². The first-order valence-electron chi connectivity index (χ1n) is 6.73. The number of hydrogen-bond donors (Lipinski definition) is 0. The van der Waals surface area contributed by atoms with Gasteiger partial charge in [0.1, 0.15) is 12.1 Å². The molecule has 0 aliphatic carbocycles. The predicted molar refractivity (Wildman–Crippen MR) is 81.9 cm³/mol. The van der Waals surface area contributed by atoms with Gasteiger partial charge in [-0.25, -0.2) is 4.98 Å². The molecule has 3 rings (SSSR count). The van der Waals surface area contributed by atoms with Gasteiger partial charge in [0.25, 0.3) is 5.91 Å². The summed E-state index contributed by atoms with van der Waals surface area (Å²) in [7, 11) is 1.59. The second kappa shape index (κ2) is 5.05. The maximum Gasteiger partial charge on any atom is 0.263 e. The summed E-state index contributed by atoms with van der Waals surface area (Å²) in [6.07, 6.45) is 1.57. The Labute approximate surface area is 123 Å². The third-order valence-electron chi connectivity index (χ3n) is 3.70. The Bertz CT molecular complexity index is 834. The highest BCUT2D eigenvalue weighted by molar-refractivity contribution is 6.01. The van der Waals surface area contributed by atoms with Crippen LogP contribution in [0.3, 0.4) is 0 Å². The first-order chi connectivity index (χ1) is 10.1. The zero-order valence-electron chi connectivity index (χ0n) is 12.3. The van der Waals surface area contributed by atoms with Crippen LogP contribution < -0.4 is 4.74 Å². The van der Waals surface area contributed by atoms with Crippen molar-refractivity contribution < 1.29 is 9.53 Å². The van der Waals surface area contributed by atoms with E-state index in [1.54, 1.807) is 36.2 Å². The Morgan fingerprint density at radius 1 is 1.14 bits per heavy atom. The second-order valence-corrected chi connectivity index (χ2v) is 5.08. The minimum absolute atomic E-state index is 0.111. The van der Waals surface area contributed by atoms with E-state index in [1.807, 2.05) is 32.0 Å². The molecule has 0 amide bonds. The molecule has 0 atom stereocenters. The SMILES string of the molecule is COc1cccc(C(=O)n2cnc3cc(C)c(C)cc32)c1. The second-order valence-electron chi connectivity index (χ2n) is 5.08. The minimum atomic E-state index is -0.111. The summed E-state index contributed by atoms with van der Waals surface area (Å²) in [6.45, 7) is 4.07. The number of carbonyl (C=O) groups excluding carboxylic acids is 1. The van der Waals surface area contributed by atoms with Gasteiger partial charge in [0.2, 0.25) is 0 Å². The fourth-order valence-corrected chi connectivity index (χ4v) is 2.32. The number of nitrogens with zero attached hydrogens (tertiary/aromatic N) is 2. The number of carbonyl (C=O) groups is 1. The zero-order chi connectivity index (χ0) is 15.0. The summed E-state index contributed by atoms with van der Waals surface area (Å²) >= 11 is 0. The highest BCUT2D eigenvalue weighted by atomic mass is 16.5. The summed E-state index contributed by atoms with van der Waals surface area (Å²) < 4.78 is 6.75. The molecule has 0 spiro atoms. The molecule has 0 aliphatic rings. The molecule has 3 aromatic rings. The summed E-state index contributed by atoms with van der Waals surface area (Å²) in [5.41, 5.74) is 4.54. The zero-order valence-corrected chi connectivity index (χ0v) is 12.3. The first-order valence-corrected chi connectivity index (χ1v) is 6.73. The van der Waals surface area contributed by atoms with E-state index in [4.69, 9.17) is 4.74 Å². The molecule has 0 unspecified atom stereocenters. The van der Waals surface area contributed by atoms with Gasteiger partial charge in [-0.1, -0.05) is 6.07 Å². The smallest absolute Gasteiger partial charge is 0.263 e. The summed E-state index contributed by atoms with van der Waals surface area (Å²) in [6, 6.07) is 11.1. The van der Waals surface area contributed by atoms with E-state index in [2.05, 4.69) is 4.98 Å². The van der Waals surface area contributed by atoms with Crippen LogP contribution >= 0.6 is 0 Å². The van der Waals surface area contributed by atoms with Crippen LogP contribution in [0.2, 0.25) is 0 Å². The fourth-order valence-electron chi connectivity index (χ4n) is 2.32. The quantitative estimate of drug-likeness (QED) is 0.723. The molecule has 0 radical (unpaired) electrons. The average Bonchev–Trinajstić information content (AvgIpc) is 2.89. The molecule has 106 valence electrons. The van der Waals surface area contributed by atoms with Crippen molar-refractivity contribution in [2.24, 2.45) is 0 Å². The Morgan fingerprint density at radius 3 is 2.67 bits per heavy atom. The van der Waals surface area contributed by atoms with Crippen molar-refractivity contribution in [3.63, 3.8) is 0 Å². The van der Waals surface area contributed by atoms with Gasteiger partial charge in [-0.05, 0) is 55.3 Å². The van der Waals surface area contributed by atoms with Crippen molar-refractivity contribution in [3.8, 4) is 5.75 Å². The molecule has 1 aromatic heterocycles. The first kappa shape index (κ1) is 13.4. The molecule has 2 aromatic carbocycles. The van der Waals surface area contributed by atoms with E-state index in [0.717, 1.165) is 16.6 Å². The molecule has 0 fully saturated rings. The van der Waals surface area contributed by atoms with Gasteiger partial charge in [-0.15, -0.1) is 0 Å². The van der Waals surface area contributed by atoms with Crippen LogP contribution in [0.5, 0.6) is 5.75 Å². The van der Waals surface area contributed by atoms with E-state index >= 15 is 0 Å². The van der Waals surface area contributed by atoms with Crippen molar-refractivity contribution in [2.45, 2.75) is 13.8 Å². The normalized spacial score (nSPS) is 10.8. The average molecular weight is 280 g/mol. The molecular formula is C17H16N2O2. The van der Waals surface area contributed by atoms with Crippen molar-refractivity contribution in [1.29, 1.82) is 0 Å². The van der Waals surface area contributed by atoms with Crippen LogP contribution in [0.4, 0.5) is 0 Å². The summed E-state index contributed by atoms with van der Waals surface area (Å²) in [4.78, 5) is 17.0. The number of aryl methyl sites for hydroxylation is 2. The van der Waals surface area contributed by atoms with E-state index < -0.39 is 0 Å². The van der Waals surface area contributed by atoms with E-state index in [1.165, 1.54) is 5.56 Å². The largest absolute Gasteiger partial charge is 0.497 e. The molecule has 0 aliphatic heterocycles. The number of ether oxygens (including phenoxy) is 1. The summed E-state index contributed by atoms with van der Waals surface area (Å²) in [5, 5.41) is 0. The topological polar surface area (TPSA) is 44.1 Å². The number of imidazole rings is 1. The highest BCUT2D eigenvalue weighted by Gasteiger charge is 2.13.